The Kier molecular flexibility index (Phi) is 2.31. The molecule has 1 aliphatic heterocycles. The molecular weight excluding hydrogens is 200 g/mol. The van der Waals surface area contributed by atoms with Gasteiger partial charge in [-0.1, -0.05) is 6.92 Å². The number of hydrogen-bond donors (Lipinski definition) is 0. The minimum absolute atomic E-state index is 0.776. The average Bonchev–Trinajstić information content (AvgIpc) is 2.86. The number of aryl methyl sites for hydroxylation is 1. The van der Waals surface area contributed by atoms with E-state index in [1.54, 1.807) is 6.26 Å². The summed E-state index contributed by atoms with van der Waals surface area (Å²) < 4.78 is 7.64. The molecule has 0 saturated heterocycles. The second kappa shape index (κ2) is 3.81. The van der Waals surface area contributed by atoms with Crippen LogP contribution in [-0.2, 0) is 19.4 Å². The van der Waals surface area contributed by atoms with E-state index in [0.29, 0.717) is 0 Å². The molecule has 2 aromatic rings. The molecule has 84 valence electrons. The summed E-state index contributed by atoms with van der Waals surface area (Å²) in [5.41, 5.74) is 1.12. The van der Waals surface area contributed by atoms with Gasteiger partial charge in [0.2, 0.25) is 0 Å². The van der Waals surface area contributed by atoms with E-state index in [0.717, 1.165) is 36.8 Å². The molecule has 0 saturated carbocycles. The SMILES string of the molecule is CC1CCc2nc(Cc3ccco3)cn2C1. The maximum absolute atomic E-state index is 5.34. The summed E-state index contributed by atoms with van der Waals surface area (Å²) in [7, 11) is 0. The van der Waals surface area contributed by atoms with Crippen molar-refractivity contribution < 1.29 is 4.42 Å². The first-order valence-electron chi connectivity index (χ1n) is 5.88. The van der Waals surface area contributed by atoms with Crippen LogP contribution in [-0.4, -0.2) is 9.55 Å². The predicted molar refractivity (Wildman–Crippen MR) is 61.2 cm³/mol. The molecule has 0 radical (unpaired) electrons. The van der Waals surface area contributed by atoms with Crippen LogP contribution in [0.1, 0.15) is 30.6 Å². The third kappa shape index (κ3) is 1.77. The van der Waals surface area contributed by atoms with E-state index in [1.165, 1.54) is 12.2 Å². The Morgan fingerprint density at radius 3 is 3.31 bits per heavy atom. The average molecular weight is 216 g/mol. The standard InChI is InChI=1S/C13H16N2O/c1-10-4-5-13-14-11(9-15(13)8-10)7-12-3-2-6-16-12/h2-3,6,9-10H,4-5,7-8H2,1H3. The lowest BCUT2D eigenvalue weighted by atomic mass is 10.0. The van der Waals surface area contributed by atoms with E-state index in [4.69, 9.17) is 4.42 Å². The Labute approximate surface area is 95.1 Å². The van der Waals surface area contributed by atoms with Crippen LogP contribution in [0.2, 0.25) is 0 Å². The van der Waals surface area contributed by atoms with Gasteiger partial charge in [0.05, 0.1) is 12.0 Å². The number of hydrogen-bond acceptors (Lipinski definition) is 2. The van der Waals surface area contributed by atoms with Crippen LogP contribution >= 0.6 is 0 Å². The Bertz CT molecular complexity index is 470. The highest BCUT2D eigenvalue weighted by Crippen LogP contribution is 2.20. The molecule has 1 unspecified atom stereocenters. The van der Waals surface area contributed by atoms with E-state index in [9.17, 15) is 0 Å². The zero-order valence-corrected chi connectivity index (χ0v) is 9.52. The van der Waals surface area contributed by atoms with Crippen molar-refractivity contribution in [2.24, 2.45) is 5.92 Å². The van der Waals surface area contributed by atoms with Gasteiger partial charge in [0.15, 0.2) is 0 Å². The van der Waals surface area contributed by atoms with E-state index >= 15 is 0 Å². The van der Waals surface area contributed by atoms with Crippen molar-refractivity contribution in [3.05, 3.63) is 41.9 Å². The van der Waals surface area contributed by atoms with Crippen molar-refractivity contribution in [3.63, 3.8) is 0 Å². The summed E-state index contributed by atoms with van der Waals surface area (Å²) in [6, 6.07) is 3.92. The second-order valence-electron chi connectivity index (χ2n) is 4.70. The van der Waals surface area contributed by atoms with Gasteiger partial charge in [-0.05, 0) is 24.5 Å². The zero-order valence-electron chi connectivity index (χ0n) is 9.52. The highest BCUT2D eigenvalue weighted by molar-refractivity contribution is 5.13. The van der Waals surface area contributed by atoms with Gasteiger partial charge in [-0.25, -0.2) is 4.98 Å². The first-order valence-corrected chi connectivity index (χ1v) is 5.88. The van der Waals surface area contributed by atoms with Gasteiger partial charge in [0.1, 0.15) is 11.6 Å². The van der Waals surface area contributed by atoms with Crippen LogP contribution in [0.25, 0.3) is 0 Å². The molecule has 0 amide bonds. The third-order valence-electron chi connectivity index (χ3n) is 3.21. The summed E-state index contributed by atoms with van der Waals surface area (Å²) in [6.45, 7) is 3.41. The smallest absolute Gasteiger partial charge is 0.109 e. The monoisotopic (exact) mass is 216 g/mol. The van der Waals surface area contributed by atoms with Crippen LogP contribution in [0.3, 0.4) is 0 Å². The van der Waals surface area contributed by atoms with Crippen LogP contribution in [0, 0.1) is 5.92 Å². The topological polar surface area (TPSA) is 31.0 Å². The van der Waals surface area contributed by atoms with Gasteiger partial charge < -0.3 is 8.98 Å². The minimum atomic E-state index is 0.776. The maximum atomic E-state index is 5.34. The van der Waals surface area contributed by atoms with Crippen molar-refractivity contribution in [1.29, 1.82) is 0 Å². The lowest BCUT2D eigenvalue weighted by Gasteiger charge is -2.19. The Morgan fingerprint density at radius 1 is 1.56 bits per heavy atom. The third-order valence-corrected chi connectivity index (χ3v) is 3.21. The predicted octanol–water partition coefficient (Wildman–Crippen LogP) is 2.65. The molecule has 1 aliphatic rings. The number of aromatic nitrogens is 2. The largest absolute Gasteiger partial charge is 0.469 e. The highest BCUT2D eigenvalue weighted by Gasteiger charge is 2.17. The van der Waals surface area contributed by atoms with Gasteiger partial charge in [-0.2, -0.15) is 0 Å². The van der Waals surface area contributed by atoms with Gasteiger partial charge >= 0.3 is 0 Å². The molecule has 3 rings (SSSR count). The van der Waals surface area contributed by atoms with E-state index < -0.39 is 0 Å². The molecule has 3 nitrogen and oxygen atoms in total. The fourth-order valence-corrected chi connectivity index (χ4v) is 2.35. The zero-order chi connectivity index (χ0) is 11.0. The van der Waals surface area contributed by atoms with Crippen molar-refractivity contribution >= 4 is 0 Å². The van der Waals surface area contributed by atoms with E-state index in [2.05, 4.69) is 22.7 Å². The molecule has 0 spiro atoms. The summed E-state index contributed by atoms with van der Waals surface area (Å²) in [5, 5.41) is 0. The molecule has 0 aliphatic carbocycles. The fourth-order valence-electron chi connectivity index (χ4n) is 2.35. The van der Waals surface area contributed by atoms with Crippen LogP contribution in [0.15, 0.2) is 29.0 Å². The molecule has 2 aromatic heterocycles. The molecule has 0 bridgehead atoms. The molecule has 0 N–H and O–H groups in total. The van der Waals surface area contributed by atoms with Crippen LogP contribution in [0.5, 0.6) is 0 Å². The Balaban J connectivity index is 1.82. The van der Waals surface area contributed by atoms with Gasteiger partial charge in [-0.15, -0.1) is 0 Å². The van der Waals surface area contributed by atoms with Crippen LogP contribution in [0.4, 0.5) is 0 Å². The molecule has 3 heterocycles. The molecule has 0 fully saturated rings. The van der Waals surface area contributed by atoms with Crippen molar-refractivity contribution in [2.75, 3.05) is 0 Å². The van der Waals surface area contributed by atoms with Crippen molar-refractivity contribution in [3.8, 4) is 0 Å². The number of rotatable bonds is 2. The lowest BCUT2D eigenvalue weighted by Crippen LogP contribution is -2.17. The lowest BCUT2D eigenvalue weighted by molar-refractivity contribution is 0.394. The molecule has 16 heavy (non-hydrogen) atoms. The van der Waals surface area contributed by atoms with E-state index in [-0.39, 0.29) is 0 Å². The molecule has 0 aromatic carbocycles. The first-order chi connectivity index (χ1) is 7.81. The number of nitrogens with zero attached hydrogens (tertiary/aromatic N) is 2. The molecule has 1 atom stereocenters. The normalized spacial score (nSPS) is 19.7. The fraction of sp³-hybridized carbons (Fsp3) is 0.462. The maximum Gasteiger partial charge on any atom is 0.109 e. The second-order valence-corrected chi connectivity index (χ2v) is 4.70. The van der Waals surface area contributed by atoms with Crippen molar-refractivity contribution in [1.82, 2.24) is 9.55 Å². The summed E-state index contributed by atoms with van der Waals surface area (Å²) in [6.07, 6.45) is 7.07. The van der Waals surface area contributed by atoms with Gasteiger partial charge in [0.25, 0.3) is 0 Å². The summed E-state index contributed by atoms with van der Waals surface area (Å²) in [4.78, 5) is 4.66. The van der Waals surface area contributed by atoms with Gasteiger partial charge in [0, 0.05) is 25.6 Å². The summed E-state index contributed by atoms with van der Waals surface area (Å²) >= 11 is 0. The summed E-state index contributed by atoms with van der Waals surface area (Å²) in [5.74, 6) is 3.00. The Morgan fingerprint density at radius 2 is 2.50 bits per heavy atom. The van der Waals surface area contributed by atoms with Crippen LogP contribution < -0.4 is 0 Å². The van der Waals surface area contributed by atoms with E-state index in [1.807, 2.05) is 12.1 Å². The molecule has 3 heteroatoms. The Hall–Kier alpha value is -1.51. The van der Waals surface area contributed by atoms with Crippen molar-refractivity contribution in [2.45, 2.75) is 32.7 Å². The minimum Gasteiger partial charge on any atom is -0.469 e. The number of imidazole rings is 1. The molecular formula is C13H16N2O. The first kappa shape index (κ1) is 9.70. The highest BCUT2D eigenvalue weighted by atomic mass is 16.3. The number of fused-ring (bicyclic) bond motifs is 1. The van der Waals surface area contributed by atoms with Gasteiger partial charge in [-0.3, -0.25) is 0 Å². The quantitative estimate of drug-likeness (QED) is 0.772. The number of furan rings is 1.